The van der Waals surface area contributed by atoms with Gasteiger partial charge in [-0.15, -0.1) is 12.6 Å². The van der Waals surface area contributed by atoms with Gasteiger partial charge in [-0.2, -0.15) is 0 Å². The molecule has 5 atom stereocenters. The lowest BCUT2D eigenvalue weighted by atomic mass is 9.93. The molecule has 0 radical (unpaired) electrons. The van der Waals surface area contributed by atoms with Crippen molar-refractivity contribution in [3.8, 4) is 0 Å². The zero-order valence-corrected chi connectivity index (χ0v) is 24.6. The number of rotatable bonds is 5. The van der Waals surface area contributed by atoms with Crippen LogP contribution in [-0.2, 0) is 42.9 Å². The number of hydrogen-bond acceptors (Lipinski definition) is 10. The van der Waals surface area contributed by atoms with Crippen molar-refractivity contribution in [3.63, 3.8) is 0 Å². The van der Waals surface area contributed by atoms with E-state index in [4.69, 9.17) is 23.7 Å². The van der Waals surface area contributed by atoms with E-state index in [1.807, 2.05) is 0 Å². The lowest BCUT2D eigenvalue weighted by Gasteiger charge is -2.45. The minimum atomic E-state index is -1.26. The predicted molar refractivity (Wildman–Crippen MR) is 136 cm³/mol. The smallest absolute Gasteiger partial charge is 0.311 e. The molecule has 1 aliphatic rings. The first kappa shape index (κ1) is 32.2. The lowest BCUT2D eigenvalue weighted by Crippen LogP contribution is -2.62. The Kier molecular flexibility index (Phi) is 10.1. The number of carbonyl (C=O) groups excluding carboxylic acids is 4. The standard InChI is InChI=1S/C26H44O9S/c1-23(2,3)19(27)31-13-14-15(33-20(28)24(4,5)6)16(34-21(29)25(7,8)9)17(18(36)32-14)35-22(30)26(10,11)12/h14-18,36H,13H2,1-12H3/t14-,15+,16+,17-,18+/m1/s1. The van der Waals surface area contributed by atoms with E-state index >= 15 is 0 Å². The van der Waals surface area contributed by atoms with Gasteiger partial charge >= 0.3 is 23.9 Å². The Balaban J connectivity index is 3.50. The molecule has 0 amide bonds. The van der Waals surface area contributed by atoms with Gasteiger partial charge in [0.25, 0.3) is 0 Å². The van der Waals surface area contributed by atoms with Crippen LogP contribution in [0, 0.1) is 21.7 Å². The summed E-state index contributed by atoms with van der Waals surface area (Å²) < 4.78 is 28.7. The average Bonchev–Trinajstić information content (AvgIpc) is 2.67. The fourth-order valence-corrected chi connectivity index (χ4v) is 3.09. The van der Waals surface area contributed by atoms with Gasteiger partial charge in [0.05, 0.1) is 21.7 Å². The van der Waals surface area contributed by atoms with Gasteiger partial charge < -0.3 is 23.7 Å². The minimum absolute atomic E-state index is 0.293. The second-order valence-electron chi connectivity index (χ2n) is 13.3. The largest absolute Gasteiger partial charge is 0.462 e. The molecule has 1 aliphatic heterocycles. The highest BCUT2D eigenvalue weighted by molar-refractivity contribution is 7.80. The molecule has 0 saturated carbocycles. The van der Waals surface area contributed by atoms with Crippen LogP contribution in [-0.4, -0.2) is 60.3 Å². The van der Waals surface area contributed by atoms with Crippen molar-refractivity contribution in [1.82, 2.24) is 0 Å². The van der Waals surface area contributed by atoms with E-state index in [-0.39, 0.29) is 6.61 Å². The number of thiol groups is 1. The summed E-state index contributed by atoms with van der Waals surface area (Å²) in [4.78, 5) is 51.1. The molecule has 1 heterocycles. The van der Waals surface area contributed by atoms with E-state index in [2.05, 4.69) is 12.6 Å². The molecule has 208 valence electrons. The van der Waals surface area contributed by atoms with Crippen LogP contribution in [0.25, 0.3) is 0 Å². The topological polar surface area (TPSA) is 114 Å². The zero-order valence-electron chi connectivity index (χ0n) is 23.7. The molecule has 0 unspecified atom stereocenters. The van der Waals surface area contributed by atoms with Crippen molar-refractivity contribution in [2.24, 2.45) is 21.7 Å². The van der Waals surface area contributed by atoms with Gasteiger partial charge in [-0.05, 0) is 83.1 Å². The van der Waals surface area contributed by atoms with Gasteiger partial charge in [0.15, 0.2) is 18.3 Å². The number of carbonyl (C=O) groups is 4. The van der Waals surface area contributed by atoms with Gasteiger partial charge in [0, 0.05) is 0 Å². The third-order valence-corrected chi connectivity index (χ3v) is 5.58. The van der Waals surface area contributed by atoms with Gasteiger partial charge in [-0.1, -0.05) is 0 Å². The van der Waals surface area contributed by atoms with Crippen molar-refractivity contribution < 1.29 is 42.9 Å². The highest BCUT2D eigenvalue weighted by Gasteiger charge is 2.53. The van der Waals surface area contributed by atoms with Crippen LogP contribution < -0.4 is 0 Å². The normalized spacial score (nSPS) is 25.5. The molecule has 0 spiro atoms. The molecule has 1 saturated heterocycles. The van der Waals surface area contributed by atoms with Gasteiger partial charge in [0.1, 0.15) is 18.1 Å². The second-order valence-corrected chi connectivity index (χ2v) is 13.8. The number of hydrogen-bond donors (Lipinski definition) is 1. The fraction of sp³-hybridized carbons (Fsp3) is 0.846. The third-order valence-electron chi connectivity index (χ3n) is 5.17. The molecule has 0 aromatic heterocycles. The summed E-state index contributed by atoms with van der Waals surface area (Å²) in [6, 6.07) is 0. The molecule has 10 heteroatoms. The van der Waals surface area contributed by atoms with E-state index in [9.17, 15) is 19.2 Å². The van der Waals surface area contributed by atoms with Crippen LogP contribution in [0.2, 0.25) is 0 Å². The summed E-state index contributed by atoms with van der Waals surface area (Å²) >= 11 is 4.46. The minimum Gasteiger partial charge on any atom is -0.462 e. The van der Waals surface area contributed by atoms with Crippen molar-refractivity contribution in [3.05, 3.63) is 0 Å². The summed E-state index contributed by atoms with van der Waals surface area (Å²) in [6.07, 6.45) is -4.73. The summed E-state index contributed by atoms with van der Waals surface area (Å²) in [6.45, 7) is 19.8. The Bertz CT molecular complexity index is 824. The van der Waals surface area contributed by atoms with Crippen LogP contribution in [0.1, 0.15) is 83.1 Å². The molecule has 9 nitrogen and oxygen atoms in total. The summed E-state index contributed by atoms with van der Waals surface area (Å²) in [7, 11) is 0. The highest BCUT2D eigenvalue weighted by atomic mass is 32.1. The zero-order chi connectivity index (χ0) is 28.4. The first-order valence-corrected chi connectivity index (χ1v) is 12.6. The molecule has 0 bridgehead atoms. The molecular weight excluding hydrogens is 488 g/mol. The first-order valence-electron chi connectivity index (χ1n) is 12.1. The van der Waals surface area contributed by atoms with E-state index in [1.165, 1.54) is 0 Å². The van der Waals surface area contributed by atoms with Crippen LogP contribution in [0.3, 0.4) is 0 Å². The molecule has 0 aromatic rings. The number of ether oxygens (including phenoxy) is 5. The van der Waals surface area contributed by atoms with E-state index in [0.29, 0.717) is 0 Å². The van der Waals surface area contributed by atoms with E-state index in [0.717, 1.165) is 0 Å². The Morgan fingerprint density at radius 3 is 1.28 bits per heavy atom. The summed E-state index contributed by atoms with van der Waals surface area (Å²) in [5.74, 6) is -2.27. The van der Waals surface area contributed by atoms with E-state index < -0.39 is 75.4 Å². The molecule has 36 heavy (non-hydrogen) atoms. The maximum absolute atomic E-state index is 12.9. The Hall–Kier alpha value is -1.81. The monoisotopic (exact) mass is 532 g/mol. The van der Waals surface area contributed by atoms with Crippen LogP contribution >= 0.6 is 12.6 Å². The van der Waals surface area contributed by atoms with Crippen LogP contribution in [0.4, 0.5) is 0 Å². The van der Waals surface area contributed by atoms with E-state index in [1.54, 1.807) is 83.1 Å². The average molecular weight is 533 g/mol. The summed E-state index contributed by atoms with van der Waals surface area (Å²) in [5, 5.41) is 0. The lowest BCUT2D eigenvalue weighted by molar-refractivity contribution is -0.246. The Labute approximate surface area is 220 Å². The predicted octanol–water partition coefficient (Wildman–Crippen LogP) is 4.10. The third kappa shape index (κ3) is 8.94. The molecule has 1 rings (SSSR count). The summed E-state index contributed by atoms with van der Waals surface area (Å²) in [5.41, 5.74) is -4.52. The fourth-order valence-electron chi connectivity index (χ4n) is 2.71. The van der Waals surface area contributed by atoms with Crippen LogP contribution in [0.15, 0.2) is 0 Å². The molecule has 0 N–H and O–H groups in total. The molecule has 1 fully saturated rings. The highest BCUT2D eigenvalue weighted by Crippen LogP contribution is 2.35. The van der Waals surface area contributed by atoms with Crippen molar-refractivity contribution in [2.45, 2.75) is 113 Å². The van der Waals surface area contributed by atoms with Crippen molar-refractivity contribution in [2.75, 3.05) is 6.61 Å². The molecule has 0 aromatic carbocycles. The second kappa shape index (κ2) is 11.3. The van der Waals surface area contributed by atoms with Crippen LogP contribution in [0.5, 0.6) is 0 Å². The number of esters is 4. The SMILES string of the molecule is CC(C)(C)C(=O)OC[C@H]1O[C@@H](S)[C@H](OC(=O)C(C)(C)C)[C@@H](OC(=O)C(C)(C)C)[C@H]1OC(=O)C(C)(C)C. The maximum Gasteiger partial charge on any atom is 0.311 e. The first-order chi connectivity index (χ1) is 16.0. The maximum atomic E-state index is 12.9. The molecular formula is C26H44O9S. The van der Waals surface area contributed by atoms with Gasteiger partial charge in [-0.3, -0.25) is 19.2 Å². The Morgan fingerprint density at radius 1 is 0.583 bits per heavy atom. The molecule has 0 aliphatic carbocycles. The Morgan fingerprint density at radius 2 is 0.917 bits per heavy atom. The quantitative estimate of drug-likeness (QED) is 0.317. The van der Waals surface area contributed by atoms with Gasteiger partial charge in [-0.25, -0.2) is 0 Å². The van der Waals surface area contributed by atoms with Crippen molar-refractivity contribution in [1.29, 1.82) is 0 Å². The van der Waals surface area contributed by atoms with Crippen molar-refractivity contribution >= 4 is 36.5 Å². The van der Waals surface area contributed by atoms with Gasteiger partial charge in [0.2, 0.25) is 0 Å².